The summed E-state index contributed by atoms with van der Waals surface area (Å²) in [5.74, 6) is 0.605. The van der Waals surface area contributed by atoms with E-state index in [1.807, 2.05) is 0 Å². The van der Waals surface area contributed by atoms with Crippen LogP contribution in [-0.2, 0) is 4.79 Å². The summed E-state index contributed by atoms with van der Waals surface area (Å²) in [4.78, 5) is 12.7. The largest absolute Gasteiger partial charge is 0.298 e. The zero-order chi connectivity index (χ0) is 14.3. The lowest BCUT2D eigenvalue weighted by molar-refractivity contribution is -0.124. The van der Waals surface area contributed by atoms with Gasteiger partial charge in [0, 0.05) is 5.92 Å². The number of rotatable bonds is 3. The number of carbonyl (C=O) groups is 1. The number of nitriles is 1. The van der Waals surface area contributed by atoms with Gasteiger partial charge in [0.15, 0.2) is 5.78 Å². The van der Waals surface area contributed by atoms with E-state index in [4.69, 9.17) is 23.2 Å². The molecule has 2 aliphatic rings. The number of fused-ring (bicyclic) bond motifs is 2. The van der Waals surface area contributed by atoms with E-state index in [0.29, 0.717) is 27.4 Å². The molecule has 2 bridgehead atoms. The number of benzene rings is 1. The summed E-state index contributed by atoms with van der Waals surface area (Å²) in [6.07, 6.45) is 4.51. The van der Waals surface area contributed by atoms with Crippen molar-refractivity contribution in [2.24, 2.45) is 17.8 Å². The molecular formula is C16H15Cl2NO. The average molecular weight is 308 g/mol. The maximum absolute atomic E-state index is 12.7. The molecule has 20 heavy (non-hydrogen) atoms. The third-order valence-corrected chi connectivity index (χ3v) is 5.53. The number of carbonyl (C=O) groups excluding carboxylic acids is 1. The number of hydrogen-bond acceptors (Lipinski definition) is 2. The second-order valence-electron chi connectivity index (χ2n) is 5.92. The monoisotopic (exact) mass is 307 g/mol. The van der Waals surface area contributed by atoms with Crippen LogP contribution in [0.4, 0.5) is 0 Å². The van der Waals surface area contributed by atoms with E-state index in [2.05, 4.69) is 6.07 Å². The van der Waals surface area contributed by atoms with Crippen molar-refractivity contribution in [1.29, 1.82) is 5.26 Å². The summed E-state index contributed by atoms with van der Waals surface area (Å²) in [5.41, 5.74) is 0.662. The lowest BCUT2D eigenvalue weighted by atomic mass is 9.79. The quantitative estimate of drug-likeness (QED) is 0.818. The molecule has 4 heteroatoms. The van der Waals surface area contributed by atoms with Crippen molar-refractivity contribution in [3.8, 4) is 6.07 Å². The second-order valence-corrected chi connectivity index (χ2v) is 6.73. The van der Waals surface area contributed by atoms with Crippen molar-refractivity contribution in [3.63, 3.8) is 0 Å². The molecule has 0 heterocycles. The number of ketones is 1. The van der Waals surface area contributed by atoms with Crippen molar-refractivity contribution in [1.82, 2.24) is 0 Å². The van der Waals surface area contributed by atoms with Gasteiger partial charge in [0.2, 0.25) is 0 Å². The minimum atomic E-state index is -0.714. The Labute approximate surface area is 128 Å². The molecule has 0 N–H and O–H groups in total. The molecule has 2 fully saturated rings. The fourth-order valence-electron chi connectivity index (χ4n) is 3.80. The van der Waals surface area contributed by atoms with Gasteiger partial charge in [-0.25, -0.2) is 0 Å². The van der Waals surface area contributed by atoms with E-state index >= 15 is 0 Å². The van der Waals surface area contributed by atoms with Gasteiger partial charge in [0.05, 0.1) is 16.1 Å². The molecule has 2 saturated carbocycles. The van der Waals surface area contributed by atoms with Crippen LogP contribution in [0, 0.1) is 29.1 Å². The Morgan fingerprint density at radius 3 is 2.60 bits per heavy atom. The first-order valence-corrected chi connectivity index (χ1v) is 7.74. The van der Waals surface area contributed by atoms with Crippen LogP contribution in [0.15, 0.2) is 18.2 Å². The van der Waals surface area contributed by atoms with Gasteiger partial charge in [-0.3, -0.25) is 4.79 Å². The first-order chi connectivity index (χ1) is 9.60. The molecule has 3 rings (SSSR count). The van der Waals surface area contributed by atoms with Crippen molar-refractivity contribution in [3.05, 3.63) is 33.8 Å². The molecular weight excluding hydrogens is 293 g/mol. The fraction of sp³-hybridized carbons (Fsp3) is 0.500. The van der Waals surface area contributed by atoms with Crippen LogP contribution in [0.2, 0.25) is 10.0 Å². The Hall–Kier alpha value is -1.04. The maximum atomic E-state index is 12.7. The lowest BCUT2D eigenvalue weighted by Crippen LogP contribution is -2.26. The van der Waals surface area contributed by atoms with Crippen molar-refractivity contribution in [2.75, 3.05) is 0 Å². The highest BCUT2D eigenvalue weighted by atomic mass is 35.5. The van der Waals surface area contributed by atoms with E-state index in [-0.39, 0.29) is 11.7 Å². The topological polar surface area (TPSA) is 40.9 Å². The molecule has 4 atom stereocenters. The van der Waals surface area contributed by atoms with E-state index in [1.54, 1.807) is 18.2 Å². The van der Waals surface area contributed by atoms with Gasteiger partial charge in [-0.1, -0.05) is 35.7 Å². The molecule has 1 aromatic rings. The summed E-state index contributed by atoms with van der Waals surface area (Å²) in [6, 6.07) is 7.17. The van der Waals surface area contributed by atoms with E-state index in [0.717, 1.165) is 19.3 Å². The number of halogens is 2. The molecule has 0 aromatic heterocycles. The summed E-state index contributed by atoms with van der Waals surface area (Å²) in [7, 11) is 0. The molecule has 1 aromatic carbocycles. The van der Waals surface area contributed by atoms with Crippen molar-refractivity contribution < 1.29 is 4.79 Å². The minimum Gasteiger partial charge on any atom is -0.298 e. The Balaban J connectivity index is 1.84. The Bertz CT molecular complexity index is 593. The Morgan fingerprint density at radius 2 is 2.05 bits per heavy atom. The standard InChI is InChI=1S/C16H15Cl2NO/c17-14-4-3-11(7-15(14)18)13(8-19)16(20)12-6-9-1-2-10(12)5-9/h3-4,7,9-10,12-13H,1-2,5-6H2. The summed E-state index contributed by atoms with van der Waals surface area (Å²) in [5, 5.41) is 10.2. The third-order valence-electron chi connectivity index (χ3n) is 4.79. The van der Waals surface area contributed by atoms with E-state index in [9.17, 15) is 10.1 Å². The highest BCUT2D eigenvalue weighted by Crippen LogP contribution is 2.50. The summed E-state index contributed by atoms with van der Waals surface area (Å²) >= 11 is 11.9. The predicted molar refractivity (Wildman–Crippen MR) is 78.8 cm³/mol. The summed E-state index contributed by atoms with van der Waals surface area (Å²) < 4.78 is 0. The highest BCUT2D eigenvalue weighted by Gasteiger charge is 2.45. The molecule has 0 aliphatic heterocycles. The second kappa shape index (κ2) is 5.39. The van der Waals surface area contributed by atoms with Crippen molar-refractivity contribution >= 4 is 29.0 Å². The van der Waals surface area contributed by atoms with E-state index in [1.165, 1.54) is 6.42 Å². The van der Waals surface area contributed by atoms with Crippen LogP contribution in [0.25, 0.3) is 0 Å². The molecule has 4 unspecified atom stereocenters. The highest BCUT2D eigenvalue weighted by molar-refractivity contribution is 6.42. The van der Waals surface area contributed by atoms with Crippen molar-refractivity contribution in [2.45, 2.75) is 31.6 Å². The molecule has 0 amide bonds. The first kappa shape index (κ1) is 13.9. The average Bonchev–Trinajstić information content (AvgIpc) is 3.06. The number of nitrogens with zero attached hydrogens (tertiary/aromatic N) is 1. The van der Waals surface area contributed by atoms with Gasteiger partial charge >= 0.3 is 0 Å². The Kier molecular flexibility index (Phi) is 3.75. The van der Waals surface area contributed by atoms with Gasteiger partial charge in [0.25, 0.3) is 0 Å². The lowest BCUT2D eigenvalue weighted by Gasteiger charge is -2.22. The van der Waals surface area contributed by atoms with Gasteiger partial charge in [-0.2, -0.15) is 5.26 Å². The van der Waals surface area contributed by atoms with Crippen LogP contribution >= 0.6 is 23.2 Å². The van der Waals surface area contributed by atoms with Gasteiger partial charge in [0.1, 0.15) is 5.92 Å². The normalized spacial score (nSPS) is 29.1. The minimum absolute atomic E-state index is 0.0628. The smallest absolute Gasteiger partial charge is 0.157 e. The molecule has 0 radical (unpaired) electrons. The van der Waals surface area contributed by atoms with Crippen LogP contribution in [0.5, 0.6) is 0 Å². The molecule has 0 spiro atoms. The van der Waals surface area contributed by atoms with Gasteiger partial charge in [-0.15, -0.1) is 0 Å². The zero-order valence-electron chi connectivity index (χ0n) is 11.0. The predicted octanol–water partition coefficient (Wildman–Crippen LogP) is 4.61. The molecule has 2 nitrogen and oxygen atoms in total. The van der Waals surface area contributed by atoms with Gasteiger partial charge < -0.3 is 0 Å². The molecule has 2 aliphatic carbocycles. The third kappa shape index (κ3) is 2.34. The fourth-order valence-corrected chi connectivity index (χ4v) is 4.11. The summed E-state index contributed by atoms with van der Waals surface area (Å²) in [6.45, 7) is 0. The first-order valence-electron chi connectivity index (χ1n) is 6.98. The number of hydrogen-bond donors (Lipinski definition) is 0. The van der Waals surface area contributed by atoms with Crippen LogP contribution < -0.4 is 0 Å². The zero-order valence-corrected chi connectivity index (χ0v) is 12.5. The Morgan fingerprint density at radius 1 is 1.25 bits per heavy atom. The van der Waals surface area contributed by atoms with Crippen LogP contribution in [0.1, 0.15) is 37.2 Å². The molecule has 0 saturated heterocycles. The van der Waals surface area contributed by atoms with Crippen LogP contribution in [0.3, 0.4) is 0 Å². The molecule has 104 valence electrons. The van der Waals surface area contributed by atoms with Crippen LogP contribution in [-0.4, -0.2) is 5.78 Å². The maximum Gasteiger partial charge on any atom is 0.157 e. The SMILES string of the molecule is N#CC(C(=O)C1CC2CCC1C2)c1ccc(Cl)c(Cl)c1. The van der Waals surface area contributed by atoms with Gasteiger partial charge in [-0.05, 0) is 48.8 Å². The number of Topliss-reactive ketones (excluding diaryl/α,β-unsaturated/α-hetero) is 1. The van der Waals surface area contributed by atoms with E-state index < -0.39 is 5.92 Å².